The van der Waals surface area contributed by atoms with Crippen LogP contribution < -0.4 is 20.4 Å². The lowest BCUT2D eigenvalue weighted by Crippen LogP contribution is -2.47. The summed E-state index contributed by atoms with van der Waals surface area (Å²) >= 11 is 0. The summed E-state index contributed by atoms with van der Waals surface area (Å²) in [6, 6.07) is 22.7. The quantitative estimate of drug-likeness (QED) is 0.227. The van der Waals surface area contributed by atoms with Gasteiger partial charge in [0.05, 0.1) is 17.5 Å². The number of aromatic amines is 1. The van der Waals surface area contributed by atoms with Crippen LogP contribution in [-0.4, -0.2) is 66.3 Å². The van der Waals surface area contributed by atoms with Crippen molar-refractivity contribution >= 4 is 46.3 Å². The van der Waals surface area contributed by atoms with E-state index < -0.39 is 17.7 Å². The molecule has 11 heteroatoms. The molecule has 3 N–H and O–H groups in total. The number of nitrogens with one attached hydrogen (secondary N) is 3. The highest BCUT2D eigenvalue weighted by atomic mass is 16.6. The van der Waals surface area contributed by atoms with E-state index in [0.717, 1.165) is 48.8 Å². The van der Waals surface area contributed by atoms with Crippen molar-refractivity contribution in [2.45, 2.75) is 39.4 Å². The number of fused-ring (bicyclic) bond motifs is 1. The fourth-order valence-electron chi connectivity index (χ4n) is 4.89. The number of imidazole rings is 1. The molecule has 11 nitrogen and oxygen atoms in total. The van der Waals surface area contributed by atoms with E-state index in [2.05, 4.69) is 25.4 Å². The van der Waals surface area contributed by atoms with Crippen LogP contribution >= 0.6 is 0 Å². The first kappa shape index (κ1) is 30.4. The molecule has 0 atom stereocenters. The Kier molecular flexibility index (Phi) is 9.32. The van der Waals surface area contributed by atoms with Crippen LogP contribution in [-0.2, 0) is 20.9 Å². The Hall–Kier alpha value is -5.06. The molecule has 0 unspecified atom stereocenters. The van der Waals surface area contributed by atoms with E-state index in [4.69, 9.17) is 14.5 Å². The van der Waals surface area contributed by atoms with Gasteiger partial charge in [0.15, 0.2) is 0 Å². The van der Waals surface area contributed by atoms with Crippen LogP contribution in [0.3, 0.4) is 0 Å². The van der Waals surface area contributed by atoms with Crippen LogP contribution in [0.5, 0.6) is 0 Å². The molecule has 44 heavy (non-hydrogen) atoms. The number of H-pyrrole nitrogens is 1. The predicted molar refractivity (Wildman–Crippen MR) is 170 cm³/mol. The molecule has 5 rings (SSSR count). The number of benzene rings is 3. The lowest BCUT2D eigenvalue weighted by molar-refractivity contribution is -0.154. The summed E-state index contributed by atoms with van der Waals surface area (Å²) in [5.41, 5.74) is 4.34. The van der Waals surface area contributed by atoms with Crippen molar-refractivity contribution in [3.05, 3.63) is 83.9 Å². The number of para-hydroxylation sites is 2. The average molecular weight is 599 g/mol. The Morgan fingerprint density at radius 1 is 0.909 bits per heavy atom. The van der Waals surface area contributed by atoms with E-state index in [1.807, 2.05) is 48.5 Å². The minimum Gasteiger partial charge on any atom is -0.460 e. The minimum absolute atomic E-state index is 0.0142. The molecule has 2 heterocycles. The van der Waals surface area contributed by atoms with Gasteiger partial charge in [0.2, 0.25) is 5.95 Å². The van der Waals surface area contributed by atoms with E-state index in [-0.39, 0.29) is 25.5 Å². The van der Waals surface area contributed by atoms with Gasteiger partial charge in [0.1, 0.15) is 12.2 Å². The van der Waals surface area contributed by atoms with E-state index >= 15 is 0 Å². The topological polar surface area (TPSA) is 129 Å². The molecule has 3 aromatic carbocycles. The molecule has 0 radical (unpaired) electrons. The van der Waals surface area contributed by atoms with Crippen LogP contribution in [0.25, 0.3) is 11.0 Å². The van der Waals surface area contributed by atoms with Crippen LogP contribution in [0.4, 0.5) is 22.1 Å². The molecule has 1 aliphatic rings. The fourth-order valence-corrected chi connectivity index (χ4v) is 4.89. The highest BCUT2D eigenvalue weighted by molar-refractivity contribution is 6.04. The van der Waals surface area contributed by atoms with E-state index in [1.165, 1.54) is 0 Å². The van der Waals surface area contributed by atoms with E-state index in [9.17, 15) is 14.4 Å². The number of ether oxygens (including phenoxy) is 2. The van der Waals surface area contributed by atoms with Crippen molar-refractivity contribution in [1.82, 2.24) is 15.3 Å². The monoisotopic (exact) mass is 598 g/mol. The van der Waals surface area contributed by atoms with Crippen LogP contribution in [0.2, 0.25) is 0 Å². The zero-order valence-corrected chi connectivity index (χ0v) is 25.3. The summed E-state index contributed by atoms with van der Waals surface area (Å²) in [5.74, 6) is 0.269. The number of piperazine rings is 1. The summed E-state index contributed by atoms with van der Waals surface area (Å²) in [6.07, 6.45) is -0.589. The molecule has 0 bridgehead atoms. The normalized spacial score (nSPS) is 13.4. The third-order valence-corrected chi connectivity index (χ3v) is 7.02. The van der Waals surface area contributed by atoms with Crippen molar-refractivity contribution < 1.29 is 23.9 Å². The van der Waals surface area contributed by atoms with Crippen molar-refractivity contribution in [2.24, 2.45) is 0 Å². The van der Waals surface area contributed by atoms with Crippen molar-refractivity contribution in [1.29, 1.82) is 0 Å². The smallest absolute Gasteiger partial charge is 0.407 e. The van der Waals surface area contributed by atoms with Gasteiger partial charge in [-0.05, 0) is 74.9 Å². The number of anilines is 3. The third kappa shape index (κ3) is 8.27. The number of rotatable bonds is 9. The molecular weight excluding hydrogens is 560 g/mol. The molecular formula is C33H38N6O5. The zero-order valence-electron chi connectivity index (χ0n) is 25.3. The molecule has 1 fully saturated rings. The molecule has 4 aromatic rings. The largest absolute Gasteiger partial charge is 0.460 e. The minimum atomic E-state index is -0.640. The van der Waals surface area contributed by atoms with E-state index in [1.54, 1.807) is 45.0 Å². The first-order chi connectivity index (χ1) is 21.1. The van der Waals surface area contributed by atoms with Crippen molar-refractivity contribution in [2.75, 3.05) is 47.8 Å². The lowest BCUT2D eigenvalue weighted by Gasteiger charge is -2.36. The number of aromatic nitrogens is 2. The second kappa shape index (κ2) is 13.5. The van der Waals surface area contributed by atoms with Gasteiger partial charge in [-0.15, -0.1) is 0 Å². The number of alkyl carbamates (subject to hydrolysis) is 1. The number of hydrogen-bond donors (Lipinski definition) is 3. The summed E-state index contributed by atoms with van der Waals surface area (Å²) in [6.45, 7) is 8.86. The Labute approximate surface area is 256 Å². The molecule has 230 valence electrons. The first-order valence-corrected chi connectivity index (χ1v) is 14.7. The fraction of sp³-hybridized carbons (Fsp3) is 0.333. The van der Waals surface area contributed by atoms with Gasteiger partial charge in [-0.2, -0.15) is 0 Å². The summed E-state index contributed by atoms with van der Waals surface area (Å²) in [5, 5.41) is 5.45. The van der Waals surface area contributed by atoms with Gasteiger partial charge in [-0.25, -0.2) is 9.78 Å². The van der Waals surface area contributed by atoms with E-state index in [0.29, 0.717) is 16.8 Å². The maximum atomic E-state index is 12.9. The van der Waals surface area contributed by atoms with Gasteiger partial charge >= 0.3 is 12.1 Å². The Morgan fingerprint density at radius 3 is 2.36 bits per heavy atom. The standard InChI is InChI=1S/C33H38N6O5/c1-33(2,3)44-29(40)15-16-34-32(42)43-22-23-7-6-8-25(21-23)35-30(41)24-11-13-26(14-12-24)38-17-19-39(20-18-38)31-36-27-9-4-5-10-28(27)37-31/h4-14,21H,15-20,22H2,1-3H3,(H,34,42)(H,35,41)(H,36,37). The molecule has 0 aliphatic carbocycles. The van der Waals surface area contributed by atoms with Gasteiger partial charge < -0.3 is 34.9 Å². The van der Waals surface area contributed by atoms with Crippen molar-refractivity contribution in [3.8, 4) is 0 Å². The number of nitrogens with zero attached hydrogens (tertiary/aromatic N) is 3. The molecule has 1 aromatic heterocycles. The number of amides is 2. The second-order valence-electron chi connectivity index (χ2n) is 11.6. The van der Waals surface area contributed by atoms with Crippen molar-refractivity contribution in [3.63, 3.8) is 0 Å². The molecule has 1 saturated heterocycles. The SMILES string of the molecule is CC(C)(C)OC(=O)CCNC(=O)OCc1cccc(NC(=O)c2ccc(N3CCN(c4nc5ccccc5[nH]4)CC3)cc2)c1. The van der Waals surface area contributed by atoms with Gasteiger partial charge in [-0.3, -0.25) is 9.59 Å². The molecule has 0 saturated carbocycles. The van der Waals surface area contributed by atoms with Gasteiger partial charge in [-0.1, -0.05) is 24.3 Å². The maximum absolute atomic E-state index is 12.9. The molecule has 1 aliphatic heterocycles. The lowest BCUT2D eigenvalue weighted by atomic mass is 10.1. The number of carbonyl (C=O) groups is 3. The summed E-state index contributed by atoms with van der Waals surface area (Å²) in [4.78, 5) is 49.4. The van der Waals surface area contributed by atoms with Crippen LogP contribution in [0.1, 0.15) is 43.1 Å². The Morgan fingerprint density at radius 2 is 1.64 bits per heavy atom. The molecule has 2 amide bonds. The Balaban J connectivity index is 1.06. The number of carbonyl (C=O) groups excluding carboxylic acids is 3. The first-order valence-electron chi connectivity index (χ1n) is 14.7. The summed E-state index contributed by atoms with van der Waals surface area (Å²) < 4.78 is 10.5. The maximum Gasteiger partial charge on any atom is 0.407 e. The predicted octanol–water partition coefficient (Wildman–Crippen LogP) is 5.10. The van der Waals surface area contributed by atoms with Gasteiger partial charge in [0, 0.05) is 49.7 Å². The zero-order chi connectivity index (χ0) is 31.1. The van der Waals surface area contributed by atoms with Crippen LogP contribution in [0, 0.1) is 0 Å². The Bertz CT molecular complexity index is 1570. The number of hydrogen-bond acceptors (Lipinski definition) is 8. The summed E-state index contributed by atoms with van der Waals surface area (Å²) in [7, 11) is 0. The highest BCUT2D eigenvalue weighted by Gasteiger charge is 2.20. The average Bonchev–Trinajstić information content (AvgIpc) is 3.44. The second-order valence-corrected chi connectivity index (χ2v) is 11.6. The van der Waals surface area contributed by atoms with Crippen LogP contribution in [0.15, 0.2) is 72.8 Å². The molecule has 0 spiro atoms. The van der Waals surface area contributed by atoms with Gasteiger partial charge in [0.25, 0.3) is 5.91 Å². The highest BCUT2D eigenvalue weighted by Crippen LogP contribution is 2.22. The third-order valence-electron chi connectivity index (χ3n) is 7.02. The number of esters is 1.